The van der Waals surface area contributed by atoms with Crippen molar-refractivity contribution >= 4 is 23.8 Å². The molecule has 3 N–H and O–H groups in total. The van der Waals surface area contributed by atoms with E-state index in [0.717, 1.165) is 5.75 Å². The highest BCUT2D eigenvalue weighted by Gasteiger charge is 2.21. The molecule has 0 aromatic heterocycles. The number of nitrogens with one attached hydrogen (secondary N) is 2. The van der Waals surface area contributed by atoms with Crippen molar-refractivity contribution in [2.75, 3.05) is 18.6 Å². The van der Waals surface area contributed by atoms with E-state index in [1.165, 1.54) is 0 Å². The first kappa shape index (κ1) is 14.4. The summed E-state index contributed by atoms with van der Waals surface area (Å²) in [5, 5.41) is 14.1. The topological polar surface area (TPSA) is 78.4 Å². The Bertz CT molecular complexity index is 398. The van der Waals surface area contributed by atoms with E-state index in [2.05, 4.69) is 10.6 Å². The number of carboxylic acids is 1. The van der Waals surface area contributed by atoms with Crippen molar-refractivity contribution in [3.8, 4) is 0 Å². The number of aliphatic carboxylic acids is 1. The number of hydrogen-bond acceptors (Lipinski definition) is 3. The zero-order valence-electron chi connectivity index (χ0n) is 10.1. The van der Waals surface area contributed by atoms with Gasteiger partial charge in [-0.2, -0.15) is 11.8 Å². The van der Waals surface area contributed by atoms with Gasteiger partial charge in [0.2, 0.25) is 0 Å². The van der Waals surface area contributed by atoms with Crippen molar-refractivity contribution in [3.63, 3.8) is 0 Å². The first-order chi connectivity index (χ1) is 8.65. The third-order valence-electron chi connectivity index (χ3n) is 2.25. The fraction of sp³-hybridized carbons (Fsp3) is 0.333. The van der Waals surface area contributed by atoms with Crippen LogP contribution in [0.1, 0.15) is 11.6 Å². The summed E-state index contributed by atoms with van der Waals surface area (Å²) in [6.07, 6.45) is 1.93. The Balaban J connectivity index is 2.59. The Kier molecular flexibility index (Phi) is 6.07. The fourth-order valence-corrected chi connectivity index (χ4v) is 1.69. The number of carbonyl (C=O) groups excluding carboxylic acids is 1. The van der Waals surface area contributed by atoms with Crippen molar-refractivity contribution in [2.45, 2.75) is 6.04 Å². The summed E-state index contributed by atoms with van der Waals surface area (Å²) in [6.45, 7) is 0.508. The van der Waals surface area contributed by atoms with Crippen LogP contribution in [-0.4, -0.2) is 35.7 Å². The van der Waals surface area contributed by atoms with Crippen LogP contribution in [0.4, 0.5) is 4.79 Å². The first-order valence-corrected chi connectivity index (χ1v) is 6.85. The molecule has 2 amide bonds. The predicted octanol–water partition coefficient (Wildman–Crippen LogP) is 1.47. The number of benzene rings is 1. The van der Waals surface area contributed by atoms with Crippen LogP contribution in [0, 0.1) is 0 Å². The Morgan fingerprint density at radius 1 is 1.33 bits per heavy atom. The summed E-state index contributed by atoms with van der Waals surface area (Å²) in [4.78, 5) is 22.6. The molecule has 0 bridgehead atoms. The molecule has 0 radical (unpaired) electrons. The normalized spacial score (nSPS) is 11.6. The highest BCUT2D eigenvalue weighted by molar-refractivity contribution is 7.98. The molecule has 0 aliphatic rings. The molecular formula is C12H16N2O3S. The second-order valence-electron chi connectivity index (χ2n) is 3.57. The molecule has 1 aromatic carbocycles. The van der Waals surface area contributed by atoms with Crippen LogP contribution in [0.5, 0.6) is 0 Å². The molecule has 98 valence electrons. The number of amides is 2. The van der Waals surface area contributed by atoms with E-state index in [1.807, 2.05) is 6.26 Å². The van der Waals surface area contributed by atoms with Gasteiger partial charge in [-0.15, -0.1) is 0 Å². The summed E-state index contributed by atoms with van der Waals surface area (Å²) >= 11 is 1.61. The van der Waals surface area contributed by atoms with Crippen LogP contribution in [0.25, 0.3) is 0 Å². The minimum Gasteiger partial charge on any atom is -0.479 e. The molecule has 0 unspecified atom stereocenters. The molecule has 0 fully saturated rings. The smallest absolute Gasteiger partial charge is 0.330 e. The molecule has 0 aliphatic heterocycles. The molecule has 0 saturated carbocycles. The molecular weight excluding hydrogens is 252 g/mol. The van der Waals surface area contributed by atoms with Crippen molar-refractivity contribution in [1.29, 1.82) is 0 Å². The molecule has 18 heavy (non-hydrogen) atoms. The number of carboxylic acid groups (broad SMARTS) is 1. The summed E-state index contributed by atoms with van der Waals surface area (Å²) in [5.74, 6) is -0.294. The SMILES string of the molecule is CSCCNC(=O)N[C@H](C(=O)O)c1ccccc1. The lowest BCUT2D eigenvalue weighted by atomic mass is 10.1. The van der Waals surface area contributed by atoms with Gasteiger partial charge in [-0.05, 0) is 11.8 Å². The van der Waals surface area contributed by atoms with Gasteiger partial charge in [0.25, 0.3) is 0 Å². The molecule has 1 rings (SSSR count). The van der Waals surface area contributed by atoms with Crippen LogP contribution in [0.3, 0.4) is 0 Å². The Morgan fingerprint density at radius 2 is 2.00 bits per heavy atom. The monoisotopic (exact) mass is 268 g/mol. The fourth-order valence-electron chi connectivity index (χ4n) is 1.38. The average Bonchev–Trinajstić information content (AvgIpc) is 2.37. The highest BCUT2D eigenvalue weighted by atomic mass is 32.2. The Hall–Kier alpha value is -1.69. The third-order valence-corrected chi connectivity index (χ3v) is 2.86. The van der Waals surface area contributed by atoms with E-state index in [1.54, 1.807) is 42.1 Å². The van der Waals surface area contributed by atoms with Gasteiger partial charge in [-0.25, -0.2) is 9.59 Å². The van der Waals surface area contributed by atoms with E-state index >= 15 is 0 Å². The number of hydrogen-bond donors (Lipinski definition) is 3. The lowest BCUT2D eigenvalue weighted by Crippen LogP contribution is -2.41. The maximum absolute atomic E-state index is 11.5. The molecule has 1 atom stereocenters. The van der Waals surface area contributed by atoms with Gasteiger partial charge in [-0.1, -0.05) is 30.3 Å². The maximum Gasteiger partial charge on any atom is 0.330 e. The van der Waals surface area contributed by atoms with E-state index in [9.17, 15) is 9.59 Å². The second-order valence-corrected chi connectivity index (χ2v) is 4.56. The van der Waals surface area contributed by atoms with Gasteiger partial charge in [0.1, 0.15) is 0 Å². The second kappa shape index (κ2) is 7.60. The molecule has 0 aliphatic carbocycles. The lowest BCUT2D eigenvalue weighted by molar-refractivity contribution is -0.139. The predicted molar refractivity (Wildman–Crippen MR) is 71.7 cm³/mol. The van der Waals surface area contributed by atoms with E-state index in [4.69, 9.17) is 5.11 Å². The van der Waals surface area contributed by atoms with E-state index in [0.29, 0.717) is 12.1 Å². The Labute approximate surface area is 110 Å². The maximum atomic E-state index is 11.5. The summed E-state index contributed by atoms with van der Waals surface area (Å²) in [7, 11) is 0. The highest BCUT2D eigenvalue weighted by Crippen LogP contribution is 2.12. The standard InChI is InChI=1S/C12H16N2O3S/c1-18-8-7-13-12(17)14-10(11(15)16)9-5-3-2-4-6-9/h2-6,10H,7-8H2,1H3,(H,15,16)(H2,13,14,17)/t10-/m0/s1. The lowest BCUT2D eigenvalue weighted by Gasteiger charge is -2.15. The molecule has 0 spiro atoms. The van der Waals surface area contributed by atoms with Crippen LogP contribution in [0.15, 0.2) is 30.3 Å². The molecule has 0 saturated heterocycles. The summed E-state index contributed by atoms with van der Waals surface area (Å²) in [5.41, 5.74) is 0.546. The van der Waals surface area contributed by atoms with E-state index in [-0.39, 0.29) is 0 Å². The van der Waals surface area contributed by atoms with Gasteiger partial charge in [0, 0.05) is 12.3 Å². The van der Waals surface area contributed by atoms with Gasteiger partial charge in [-0.3, -0.25) is 0 Å². The largest absolute Gasteiger partial charge is 0.479 e. The van der Waals surface area contributed by atoms with Gasteiger partial charge >= 0.3 is 12.0 Å². The zero-order valence-corrected chi connectivity index (χ0v) is 10.9. The minimum absolute atomic E-state index is 0.472. The quantitative estimate of drug-likeness (QED) is 0.683. The van der Waals surface area contributed by atoms with E-state index < -0.39 is 18.0 Å². The average molecular weight is 268 g/mol. The van der Waals surface area contributed by atoms with Crippen LogP contribution < -0.4 is 10.6 Å². The van der Waals surface area contributed by atoms with Crippen LogP contribution in [-0.2, 0) is 4.79 Å². The van der Waals surface area contributed by atoms with Crippen LogP contribution in [0.2, 0.25) is 0 Å². The van der Waals surface area contributed by atoms with Crippen LogP contribution >= 0.6 is 11.8 Å². The van der Waals surface area contributed by atoms with Crippen molar-refractivity contribution in [3.05, 3.63) is 35.9 Å². The Morgan fingerprint density at radius 3 is 2.56 bits per heavy atom. The molecule has 5 nitrogen and oxygen atoms in total. The molecule has 0 heterocycles. The van der Waals surface area contributed by atoms with Gasteiger partial charge in [0.15, 0.2) is 6.04 Å². The number of urea groups is 1. The van der Waals surface area contributed by atoms with Crippen molar-refractivity contribution in [1.82, 2.24) is 10.6 Å². The number of rotatable bonds is 6. The molecule has 1 aromatic rings. The minimum atomic E-state index is -1.08. The summed E-state index contributed by atoms with van der Waals surface area (Å²) < 4.78 is 0. The zero-order chi connectivity index (χ0) is 13.4. The number of carbonyl (C=O) groups is 2. The van der Waals surface area contributed by atoms with Crippen molar-refractivity contribution < 1.29 is 14.7 Å². The molecule has 6 heteroatoms. The van der Waals surface area contributed by atoms with Gasteiger partial charge < -0.3 is 15.7 Å². The van der Waals surface area contributed by atoms with Crippen molar-refractivity contribution in [2.24, 2.45) is 0 Å². The third kappa shape index (κ3) is 4.67. The number of thioether (sulfide) groups is 1. The van der Waals surface area contributed by atoms with Gasteiger partial charge in [0.05, 0.1) is 0 Å². The first-order valence-electron chi connectivity index (χ1n) is 5.46. The summed E-state index contributed by atoms with van der Waals surface area (Å²) in [6, 6.07) is 7.10.